The second kappa shape index (κ2) is 9.36. The summed E-state index contributed by atoms with van der Waals surface area (Å²) in [4.78, 5) is 0. The minimum atomic E-state index is 0. The molecule has 2 heteroatoms. The molecule has 2 aromatic carbocycles. The van der Waals surface area contributed by atoms with Crippen molar-refractivity contribution < 1.29 is 22.2 Å². The van der Waals surface area contributed by atoms with Crippen LogP contribution in [0.4, 0.5) is 0 Å². The van der Waals surface area contributed by atoms with Gasteiger partial charge in [0, 0.05) is 0 Å². The molecule has 0 saturated heterocycles. The third kappa shape index (κ3) is 4.92. The van der Waals surface area contributed by atoms with Gasteiger partial charge in [-0.25, -0.2) is 12.1 Å². The van der Waals surface area contributed by atoms with Gasteiger partial charge in [-0.1, -0.05) is 65.5 Å². The summed E-state index contributed by atoms with van der Waals surface area (Å²) < 4.78 is 0. The van der Waals surface area contributed by atoms with E-state index in [4.69, 9.17) is 0 Å². The second-order valence-electron chi connectivity index (χ2n) is 6.15. The Morgan fingerprint density at radius 1 is 1.00 bits per heavy atom. The first kappa shape index (κ1) is 19.2. The van der Waals surface area contributed by atoms with E-state index in [2.05, 4.69) is 12.2 Å². The van der Waals surface area contributed by atoms with Gasteiger partial charge in [-0.15, -0.1) is 0 Å². The zero-order valence-electron chi connectivity index (χ0n) is 14.4. The molecule has 2 aromatic rings. The molecule has 128 valence electrons. The molecule has 1 nitrogen and oxygen atoms in total. The Balaban J connectivity index is 0.000000325. The maximum atomic E-state index is 12.6. The number of benzene rings is 1. The van der Waals surface area contributed by atoms with E-state index in [1.165, 1.54) is 11.1 Å². The summed E-state index contributed by atoms with van der Waals surface area (Å²) in [5, 5.41) is 12.6. The molecule has 1 fully saturated rings. The molecule has 1 saturated carbocycles. The minimum Gasteiger partial charge on any atom is -0.872 e. The topological polar surface area (TPSA) is 23.1 Å². The average Bonchev–Trinajstić information content (AvgIpc) is 3.37. The first-order valence-corrected chi connectivity index (χ1v) is 8.48. The summed E-state index contributed by atoms with van der Waals surface area (Å²) in [7, 11) is 0. The van der Waals surface area contributed by atoms with Gasteiger partial charge < -0.3 is 5.11 Å². The molecule has 0 bridgehead atoms. The van der Waals surface area contributed by atoms with E-state index in [-0.39, 0.29) is 22.8 Å². The Kier molecular flexibility index (Phi) is 7.18. The third-order valence-electron chi connectivity index (χ3n) is 4.34. The zero-order chi connectivity index (χ0) is 16.8. The summed E-state index contributed by atoms with van der Waals surface area (Å²) in [5.74, 6) is 0.206. The standard InChI is InChI=1S/C18H18O.C5H5.Fe/c1-13-6-4-9-15(12-13)18(19)17-11-5-10-16(17)14-7-2-3-8-14;1-2-4-5-3-1;/h2-4,6-9,12,19H,5,10-11H2,1H3;1-5H;/q;-1;+2/p-1. The van der Waals surface area contributed by atoms with Crippen LogP contribution in [0.2, 0.25) is 0 Å². The van der Waals surface area contributed by atoms with Gasteiger partial charge in [0.2, 0.25) is 0 Å². The van der Waals surface area contributed by atoms with Crippen molar-refractivity contribution in [3.8, 4) is 0 Å². The number of hydrogen-bond donors (Lipinski definition) is 0. The number of aryl methyl sites for hydroxylation is 1. The van der Waals surface area contributed by atoms with Gasteiger partial charge in [0.05, 0.1) is 0 Å². The van der Waals surface area contributed by atoms with Crippen LogP contribution in [0.5, 0.6) is 0 Å². The molecule has 2 aliphatic rings. The fraction of sp³-hybridized carbons (Fsp3) is 0.174. The molecule has 0 aliphatic heterocycles. The fourth-order valence-electron chi connectivity index (χ4n) is 3.17. The minimum absolute atomic E-state index is 0. The van der Waals surface area contributed by atoms with Gasteiger partial charge in [-0.05, 0) is 42.9 Å². The fourth-order valence-corrected chi connectivity index (χ4v) is 3.17. The van der Waals surface area contributed by atoms with Gasteiger partial charge >= 0.3 is 17.1 Å². The SMILES string of the molecule is Cc1cccc(C([O-])=C2CCCC2=C2C=CC=C2)c1.[Fe+2].c1cc[cH-]c1. The van der Waals surface area contributed by atoms with Crippen LogP contribution in [0.25, 0.3) is 5.76 Å². The molecule has 2 aliphatic carbocycles. The number of hydrogen-bond acceptors (Lipinski definition) is 1. The van der Waals surface area contributed by atoms with E-state index in [9.17, 15) is 5.11 Å². The van der Waals surface area contributed by atoms with Gasteiger partial charge in [0.15, 0.2) is 0 Å². The molecule has 0 heterocycles. The van der Waals surface area contributed by atoms with Crippen molar-refractivity contribution in [2.45, 2.75) is 26.2 Å². The van der Waals surface area contributed by atoms with E-state index >= 15 is 0 Å². The van der Waals surface area contributed by atoms with Gasteiger partial charge in [-0.2, -0.15) is 18.2 Å². The third-order valence-corrected chi connectivity index (χ3v) is 4.34. The quantitative estimate of drug-likeness (QED) is 0.390. The first-order chi connectivity index (χ1) is 11.8. The van der Waals surface area contributed by atoms with Crippen molar-refractivity contribution in [3.05, 3.63) is 107 Å². The van der Waals surface area contributed by atoms with E-state index in [0.29, 0.717) is 0 Å². The summed E-state index contributed by atoms with van der Waals surface area (Å²) in [6.07, 6.45) is 11.3. The molecule has 0 amide bonds. The van der Waals surface area contributed by atoms with Crippen LogP contribution in [-0.2, 0) is 17.1 Å². The molecule has 0 N–H and O–H groups in total. The van der Waals surface area contributed by atoms with Gasteiger partial charge in [-0.3, -0.25) is 0 Å². The van der Waals surface area contributed by atoms with Crippen molar-refractivity contribution in [2.75, 3.05) is 0 Å². The molecule has 0 aromatic heterocycles. The predicted octanol–water partition coefficient (Wildman–Crippen LogP) is 5.08. The van der Waals surface area contributed by atoms with Crippen LogP contribution < -0.4 is 5.11 Å². The van der Waals surface area contributed by atoms with E-state index in [1.807, 2.05) is 73.7 Å². The van der Waals surface area contributed by atoms with E-state index in [1.54, 1.807) is 0 Å². The Morgan fingerprint density at radius 2 is 1.72 bits per heavy atom. The molecule has 0 radical (unpaired) electrons. The monoisotopic (exact) mass is 370 g/mol. The second-order valence-corrected chi connectivity index (χ2v) is 6.15. The molecule has 0 atom stereocenters. The largest absolute Gasteiger partial charge is 2.00 e. The van der Waals surface area contributed by atoms with Crippen molar-refractivity contribution in [3.63, 3.8) is 0 Å². The summed E-state index contributed by atoms with van der Waals surface area (Å²) in [6, 6.07) is 17.9. The maximum Gasteiger partial charge on any atom is 2.00 e. The predicted molar refractivity (Wildman–Crippen MR) is 99.3 cm³/mol. The first-order valence-electron chi connectivity index (χ1n) is 8.48. The smallest absolute Gasteiger partial charge is 0.872 e. The van der Waals surface area contributed by atoms with Crippen LogP contribution in [0.3, 0.4) is 0 Å². The average molecular weight is 370 g/mol. The molecule has 25 heavy (non-hydrogen) atoms. The van der Waals surface area contributed by atoms with Crippen LogP contribution >= 0.6 is 0 Å². The molecular weight excluding hydrogens is 348 g/mol. The summed E-state index contributed by atoms with van der Waals surface area (Å²) >= 11 is 0. The van der Waals surface area contributed by atoms with Crippen molar-refractivity contribution in [1.29, 1.82) is 0 Å². The van der Waals surface area contributed by atoms with Crippen molar-refractivity contribution in [2.24, 2.45) is 0 Å². The van der Waals surface area contributed by atoms with E-state index < -0.39 is 0 Å². The summed E-state index contributed by atoms with van der Waals surface area (Å²) in [5.41, 5.74) is 5.43. The maximum absolute atomic E-state index is 12.6. The Morgan fingerprint density at radius 3 is 2.32 bits per heavy atom. The van der Waals surface area contributed by atoms with E-state index in [0.717, 1.165) is 36.0 Å². The van der Waals surface area contributed by atoms with Gasteiger partial charge in [0.25, 0.3) is 0 Å². The normalized spacial score (nSPS) is 17.2. The van der Waals surface area contributed by atoms with Gasteiger partial charge in [0.1, 0.15) is 0 Å². The Labute approximate surface area is 160 Å². The molecule has 0 unspecified atom stereocenters. The van der Waals surface area contributed by atoms with Crippen LogP contribution in [0, 0.1) is 6.92 Å². The van der Waals surface area contributed by atoms with Crippen LogP contribution in [-0.4, -0.2) is 0 Å². The molecule has 4 rings (SSSR count). The molecule has 0 spiro atoms. The number of rotatable bonds is 1. The Hall–Kier alpha value is -2.15. The van der Waals surface area contributed by atoms with Crippen LogP contribution in [0.15, 0.2) is 95.6 Å². The summed E-state index contributed by atoms with van der Waals surface area (Å²) in [6.45, 7) is 2.03. The number of allylic oxidation sites excluding steroid dienone is 7. The van der Waals surface area contributed by atoms with Crippen molar-refractivity contribution >= 4 is 5.76 Å². The van der Waals surface area contributed by atoms with Crippen molar-refractivity contribution in [1.82, 2.24) is 0 Å². The Bertz CT molecular complexity index is 773. The van der Waals surface area contributed by atoms with Crippen LogP contribution in [0.1, 0.15) is 30.4 Å². The zero-order valence-corrected chi connectivity index (χ0v) is 15.5. The molecular formula is C23H22FeO.